The summed E-state index contributed by atoms with van der Waals surface area (Å²) in [5, 5.41) is 14.4. The minimum absolute atomic E-state index is 0.227. The molecule has 2 aromatic carbocycles. The molecule has 0 saturated heterocycles. The number of carbonyl (C=O) groups is 2. The van der Waals surface area contributed by atoms with E-state index in [0.29, 0.717) is 17.0 Å². The van der Waals surface area contributed by atoms with Crippen molar-refractivity contribution in [1.82, 2.24) is 5.32 Å². The van der Waals surface area contributed by atoms with Gasteiger partial charge in [0.15, 0.2) is 0 Å². The Morgan fingerprint density at radius 2 is 1.87 bits per heavy atom. The van der Waals surface area contributed by atoms with E-state index in [1.807, 2.05) is 6.07 Å². The van der Waals surface area contributed by atoms with Crippen molar-refractivity contribution in [2.75, 3.05) is 12.4 Å². The van der Waals surface area contributed by atoms with E-state index in [2.05, 4.69) is 10.6 Å². The molecule has 0 aliphatic heterocycles. The number of hydrogen-bond acceptors (Lipinski definition) is 3. The normalized spacial score (nSPS) is 11.3. The highest BCUT2D eigenvalue weighted by molar-refractivity contribution is 5.89. The van der Waals surface area contributed by atoms with Gasteiger partial charge in [-0.05, 0) is 29.8 Å². The van der Waals surface area contributed by atoms with E-state index in [1.54, 1.807) is 48.5 Å². The van der Waals surface area contributed by atoms with Gasteiger partial charge >= 0.3 is 12.0 Å². The van der Waals surface area contributed by atoms with Crippen LogP contribution in [0.1, 0.15) is 18.0 Å². The number of urea groups is 1. The summed E-state index contributed by atoms with van der Waals surface area (Å²) >= 11 is 0. The van der Waals surface area contributed by atoms with Crippen molar-refractivity contribution >= 4 is 17.7 Å². The number of para-hydroxylation sites is 1. The number of methoxy groups -OCH3 is 1. The summed E-state index contributed by atoms with van der Waals surface area (Å²) < 4.78 is 5.13. The highest BCUT2D eigenvalue weighted by atomic mass is 16.5. The predicted molar refractivity (Wildman–Crippen MR) is 86.6 cm³/mol. The number of rotatable bonds is 6. The van der Waals surface area contributed by atoms with Crippen LogP contribution in [0.15, 0.2) is 54.6 Å². The maximum absolute atomic E-state index is 12.1. The molecule has 0 spiro atoms. The Kier molecular flexibility index (Phi) is 5.57. The molecule has 6 heteroatoms. The van der Waals surface area contributed by atoms with Crippen LogP contribution in [-0.4, -0.2) is 24.2 Å². The van der Waals surface area contributed by atoms with Gasteiger partial charge in [0.05, 0.1) is 19.6 Å². The molecule has 23 heavy (non-hydrogen) atoms. The van der Waals surface area contributed by atoms with Crippen molar-refractivity contribution in [3.8, 4) is 5.75 Å². The number of aliphatic carboxylic acids is 1. The second kappa shape index (κ2) is 7.84. The Morgan fingerprint density at radius 1 is 1.13 bits per heavy atom. The smallest absolute Gasteiger partial charge is 0.319 e. The van der Waals surface area contributed by atoms with Crippen LogP contribution in [0.3, 0.4) is 0 Å². The van der Waals surface area contributed by atoms with Gasteiger partial charge in [0, 0.05) is 5.69 Å². The minimum Gasteiger partial charge on any atom is -0.497 e. The fourth-order valence-electron chi connectivity index (χ4n) is 2.13. The number of anilines is 1. The van der Waals surface area contributed by atoms with E-state index >= 15 is 0 Å². The monoisotopic (exact) mass is 314 g/mol. The minimum atomic E-state index is -1.00. The van der Waals surface area contributed by atoms with E-state index in [9.17, 15) is 9.59 Å². The number of carboxylic acid groups (broad SMARTS) is 1. The van der Waals surface area contributed by atoms with Crippen LogP contribution in [0.5, 0.6) is 5.75 Å². The van der Waals surface area contributed by atoms with Gasteiger partial charge in [0.2, 0.25) is 0 Å². The number of hydrogen-bond donors (Lipinski definition) is 3. The first kappa shape index (κ1) is 16.4. The third-order valence-electron chi connectivity index (χ3n) is 3.21. The maximum Gasteiger partial charge on any atom is 0.319 e. The van der Waals surface area contributed by atoms with Crippen molar-refractivity contribution in [3.05, 3.63) is 60.2 Å². The summed E-state index contributed by atoms with van der Waals surface area (Å²) in [6.07, 6.45) is -0.227. The summed E-state index contributed by atoms with van der Waals surface area (Å²) in [5.74, 6) is -0.402. The Hall–Kier alpha value is -3.02. The zero-order chi connectivity index (χ0) is 16.7. The van der Waals surface area contributed by atoms with Crippen molar-refractivity contribution in [2.24, 2.45) is 0 Å². The molecule has 0 aliphatic carbocycles. The first-order valence-electron chi connectivity index (χ1n) is 7.07. The van der Waals surface area contributed by atoms with Gasteiger partial charge in [0.25, 0.3) is 0 Å². The van der Waals surface area contributed by atoms with Crippen LogP contribution in [-0.2, 0) is 4.79 Å². The predicted octanol–water partition coefficient (Wildman–Crippen LogP) is 3.03. The molecular formula is C17H18N2O4. The van der Waals surface area contributed by atoms with Gasteiger partial charge in [-0.25, -0.2) is 4.79 Å². The standard InChI is InChI=1S/C17H18N2O4/c1-23-14-9-5-6-12(10-14)15(11-16(20)21)19-17(22)18-13-7-3-2-4-8-13/h2-10,15H,11H2,1H3,(H,20,21)(H2,18,19,22). The van der Waals surface area contributed by atoms with Crippen LogP contribution in [0.4, 0.5) is 10.5 Å². The molecule has 0 saturated carbocycles. The number of carboxylic acids is 1. The molecule has 3 N–H and O–H groups in total. The van der Waals surface area contributed by atoms with Gasteiger partial charge < -0.3 is 20.5 Å². The van der Waals surface area contributed by atoms with Crippen molar-refractivity contribution in [3.63, 3.8) is 0 Å². The lowest BCUT2D eigenvalue weighted by molar-refractivity contribution is -0.137. The van der Waals surface area contributed by atoms with Gasteiger partial charge in [-0.1, -0.05) is 30.3 Å². The van der Waals surface area contributed by atoms with Crippen LogP contribution in [0.2, 0.25) is 0 Å². The first-order chi connectivity index (χ1) is 11.1. The van der Waals surface area contributed by atoms with Gasteiger partial charge in [-0.2, -0.15) is 0 Å². The largest absolute Gasteiger partial charge is 0.497 e. The Morgan fingerprint density at radius 3 is 2.52 bits per heavy atom. The zero-order valence-corrected chi connectivity index (χ0v) is 12.7. The van der Waals surface area contributed by atoms with Crippen LogP contribution < -0.4 is 15.4 Å². The molecular weight excluding hydrogens is 296 g/mol. The highest BCUT2D eigenvalue weighted by Gasteiger charge is 2.18. The van der Waals surface area contributed by atoms with E-state index < -0.39 is 18.0 Å². The molecule has 120 valence electrons. The molecule has 2 aromatic rings. The summed E-state index contributed by atoms with van der Waals surface area (Å²) in [6, 6.07) is 14.8. The molecule has 1 atom stereocenters. The number of ether oxygens (including phenoxy) is 1. The highest BCUT2D eigenvalue weighted by Crippen LogP contribution is 2.22. The van der Waals surface area contributed by atoms with Gasteiger partial charge in [-0.3, -0.25) is 4.79 Å². The fraction of sp³-hybridized carbons (Fsp3) is 0.176. The van der Waals surface area contributed by atoms with E-state index in [-0.39, 0.29) is 6.42 Å². The average Bonchev–Trinajstić information content (AvgIpc) is 2.54. The molecule has 0 aliphatic rings. The molecule has 0 bridgehead atoms. The van der Waals surface area contributed by atoms with E-state index in [4.69, 9.17) is 9.84 Å². The molecule has 0 radical (unpaired) electrons. The maximum atomic E-state index is 12.1. The fourth-order valence-corrected chi connectivity index (χ4v) is 2.13. The number of carbonyl (C=O) groups excluding carboxylic acids is 1. The van der Waals surface area contributed by atoms with E-state index in [1.165, 1.54) is 7.11 Å². The summed E-state index contributed by atoms with van der Waals surface area (Å²) in [7, 11) is 1.53. The number of benzene rings is 2. The van der Waals surface area contributed by atoms with Crippen LogP contribution >= 0.6 is 0 Å². The third kappa shape index (κ3) is 5.03. The van der Waals surface area contributed by atoms with Crippen molar-refractivity contribution in [1.29, 1.82) is 0 Å². The second-order valence-corrected chi connectivity index (χ2v) is 4.89. The first-order valence-corrected chi connectivity index (χ1v) is 7.07. The quantitative estimate of drug-likeness (QED) is 0.765. The van der Waals surface area contributed by atoms with Gasteiger partial charge in [0.1, 0.15) is 5.75 Å². The van der Waals surface area contributed by atoms with Gasteiger partial charge in [-0.15, -0.1) is 0 Å². The second-order valence-electron chi connectivity index (χ2n) is 4.89. The van der Waals surface area contributed by atoms with E-state index in [0.717, 1.165) is 0 Å². The van der Waals surface area contributed by atoms with Crippen LogP contribution in [0, 0.1) is 0 Å². The van der Waals surface area contributed by atoms with Crippen molar-refractivity contribution in [2.45, 2.75) is 12.5 Å². The topological polar surface area (TPSA) is 87.7 Å². The molecule has 1 unspecified atom stereocenters. The Balaban J connectivity index is 2.11. The Bertz CT molecular complexity index is 673. The summed E-state index contributed by atoms with van der Waals surface area (Å²) in [5.41, 5.74) is 1.29. The molecule has 2 rings (SSSR count). The third-order valence-corrected chi connectivity index (χ3v) is 3.21. The molecule has 0 fully saturated rings. The summed E-state index contributed by atoms with van der Waals surface area (Å²) in [4.78, 5) is 23.2. The van der Waals surface area contributed by atoms with Crippen LogP contribution in [0.25, 0.3) is 0 Å². The molecule has 6 nitrogen and oxygen atoms in total. The average molecular weight is 314 g/mol. The molecule has 0 heterocycles. The van der Waals surface area contributed by atoms with Crippen molar-refractivity contribution < 1.29 is 19.4 Å². The zero-order valence-electron chi connectivity index (χ0n) is 12.7. The Labute approximate surface area is 134 Å². The number of amides is 2. The molecule has 2 amide bonds. The lowest BCUT2D eigenvalue weighted by Gasteiger charge is -2.18. The lowest BCUT2D eigenvalue weighted by atomic mass is 10.0. The lowest BCUT2D eigenvalue weighted by Crippen LogP contribution is -2.33. The number of nitrogens with one attached hydrogen (secondary N) is 2. The molecule has 0 aromatic heterocycles. The SMILES string of the molecule is COc1cccc(C(CC(=O)O)NC(=O)Nc2ccccc2)c1. The summed E-state index contributed by atoms with van der Waals surface area (Å²) in [6.45, 7) is 0.